The standard InChI is InChI=1S/C19H21FN2O3/c20-15-6-7-16-13(11-15)5-8-18(23)22(16)10-9-19(24)25-17-4-2-1-3-14(17)12-21/h6-7,11,14,17H,1-5,8-10H2/t14-,17-/m0/s1. The van der Waals surface area contributed by atoms with Gasteiger partial charge in [-0.3, -0.25) is 9.59 Å². The molecule has 1 heterocycles. The second kappa shape index (κ2) is 7.64. The summed E-state index contributed by atoms with van der Waals surface area (Å²) in [4.78, 5) is 25.9. The number of ether oxygens (including phenoxy) is 1. The van der Waals surface area contributed by atoms with Gasteiger partial charge in [0.25, 0.3) is 0 Å². The fourth-order valence-electron chi connectivity index (χ4n) is 3.59. The molecule has 0 unspecified atom stereocenters. The minimum absolute atomic E-state index is 0.0667. The summed E-state index contributed by atoms with van der Waals surface area (Å²) >= 11 is 0. The van der Waals surface area contributed by atoms with E-state index >= 15 is 0 Å². The molecule has 5 nitrogen and oxygen atoms in total. The van der Waals surface area contributed by atoms with Gasteiger partial charge in [0, 0.05) is 18.7 Å². The Morgan fingerprint density at radius 1 is 1.32 bits per heavy atom. The van der Waals surface area contributed by atoms with Crippen molar-refractivity contribution in [3.8, 4) is 6.07 Å². The monoisotopic (exact) mass is 344 g/mol. The van der Waals surface area contributed by atoms with Crippen LogP contribution in [0, 0.1) is 23.1 Å². The van der Waals surface area contributed by atoms with E-state index in [1.807, 2.05) is 0 Å². The number of anilines is 1. The molecule has 1 amide bonds. The van der Waals surface area contributed by atoms with E-state index in [1.165, 1.54) is 17.0 Å². The summed E-state index contributed by atoms with van der Waals surface area (Å²) in [6.45, 7) is 0.209. The Hall–Kier alpha value is -2.42. The predicted molar refractivity (Wildman–Crippen MR) is 89.1 cm³/mol. The zero-order valence-electron chi connectivity index (χ0n) is 14.0. The first kappa shape index (κ1) is 17.4. The minimum Gasteiger partial charge on any atom is -0.461 e. The van der Waals surface area contributed by atoms with E-state index < -0.39 is 5.97 Å². The van der Waals surface area contributed by atoms with Gasteiger partial charge in [-0.2, -0.15) is 5.26 Å². The maximum Gasteiger partial charge on any atom is 0.307 e. The number of carbonyl (C=O) groups is 2. The topological polar surface area (TPSA) is 70.4 Å². The van der Waals surface area contributed by atoms with Crippen molar-refractivity contribution in [2.75, 3.05) is 11.4 Å². The van der Waals surface area contributed by atoms with Crippen LogP contribution in [0.25, 0.3) is 0 Å². The predicted octanol–water partition coefficient (Wildman–Crippen LogP) is 3.12. The van der Waals surface area contributed by atoms with Gasteiger partial charge in [-0.1, -0.05) is 6.42 Å². The lowest BCUT2D eigenvalue weighted by Gasteiger charge is -2.30. The molecule has 1 fully saturated rings. The molecule has 1 aliphatic carbocycles. The number of carbonyl (C=O) groups excluding carboxylic acids is 2. The van der Waals surface area contributed by atoms with Crippen molar-refractivity contribution in [3.05, 3.63) is 29.6 Å². The first-order valence-corrected chi connectivity index (χ1v) is 8.76. The van der Waals surface area contributed by atoms with Crippen molar-refractivity contribution >= 4 is 17.6 Å². The Kier molecular flexibility index (Phi) is 5.32. The quantitative estimate of drug-likeness (QED) is 0.787. The van der Waals surface area contributed by atoms with E-state index in [1.54, 1.807) is 6.07 Å². The summed E-state index contributed by atoms with van der Waals surface area (Å²) in [5.41, 5.74) is 1.45. The van der Waals surface area contributed by atoms with Gasteiger partial charge in [-0.15, -0.1) is 0 Å². The first-order chi connectivity index (χ1) is 12.1. The molecule has 2 aliphatic rings. The maximum atomic E-state index is 13.4. The molecule has 25 heavy (non-hydrogen) atoms. The first-order valence-electron chi connectivity index (χ1n) is 8.76. The van der Waals surface area contributed by atoms with E-state index in [0.717, 1.165) is 24.8 Å². The van der Waals surface area contributed by atoms with Crippen molar-refractivity contribution in [3.63, 3.8) is 0 Å². The molecule has 132 valence electrons. The fourth-order valence-corrected chi connectivity index (χ4v) is 3.59. The number of nitriles is 1. The van der Waals surface area contributed by atoms with Crippen molar-refractivity contribution in [1.29, 1.82) is 5.26 Å². The molecule has 2 atom stereocenters. The van der Waals surface area contributed by atoms with Gasteiger partial charge in [0.2, 0.25) is 5.91 Å². The van der Waals surface area contributed by atoms with Crippen LogP contribution in [0.15, 0.2) is 18.2 Å². The van der Waals surface area contributed by atoms with Gasteiger partial charge in [-0.05, 0) is 49.4 Å². The highest BCUT2D eigenvalue weighted by Crippen LogP contribution is 2.29. The molecule has 0 N–H and O–H groups in total. The van der Waals surface area contributed by atoms with E-state index in [-0.39, 0.29) is 36.7 Å². The second-order valence-electron chi connectivity index (χ2n) is 6.62. The van der Waals surface area contributed by atoms with Crippen LogP contribution in [0.1, 0.15) is 44.1 Å². The van der Waals surface area contributed by atoms with E-state index in [0.29, 0.717) is 24.9 Å². The molecule has 1 aromatic rings. The highest BCUT2D eigenvalue weighted by molar-refractivity contribution is 5.96. The van der Waals surface area contributed by atoms with Gasteiger partial charge < -0.3 is 9.64 Å². The number of fused-ring (bicyclic) bond motifs is 1. The lowest BCUT2D eigenvalue weighted by Crippen LogP contribution is -2.37. The van der Waals surface area contributed by atoms with Gasteiger partial charge in [-0.25, -0.2) is 4.39 Å². The lowest BCUT2D eigenvalue weighted by atomic mass is 9.87. The minimum atomic E-state index is -0.394. The van der Waals surface area contributed by atoms with Crippen LogP contribution in [0.3, 0.4) is 0 Å². The molecule has 0 bridgehead atoms. The lowest BCUT2D eigenvalue weighted by molar-refractivity contribution is -0.152. The molecule has 1 aromatic carbocycles. The smallest absolute Gasteiger partial charge is 0.307 e. The third-order valence-electron chi connectivity index (χ3n) is 4.93. The Balaban J connectivity index is 1.60. The van der Waals surface area contributed by atoms with Gasteiger partial charge in [0.15, 0.2) is 0 Å². The number of benzene rings is 1. The molecular formula is C19H21FN2O3. The highest BCUT2D eigenvalue weighted by atomic mass is 19.1. The van der Waals surface area contributed by atoms with Crippen LogP contribution >= 0.6 is 0 Å². The Morgan fingerprint density at radius 3 is 2.92 bits per heavy atom. The molecule has 0 saturated heterocycles. The number of nitrogens with zero attached hydrogens (tertiary/aromatic N) is 2. The molecule has 0 aromatic heterocycles. The summed E-state index contributed by atoms with van der Waals surface area (Å²) in [7, 11) is 0. The third-order valence-corrected chi connectivity index (χ3v) is 4.93. The van der Waals surface area contributed by atoms with E-state index in [4.69, 9.17) is 10.00 Å². The summed E-state index contributed by atoms with van der Waals surface area (Å²) in [6, 6.07) is 6.56. The van der Waals surface area contributed by atoms with Crippen LogP contribution in [-0.2, 0) is 20.7 Å². The third kappa shape index (κ3) is 3.98. The summed E-state index contributed by atoms with van der Waals surface area (Å²) < 4.78 is 18.8. The number of hydrogen-bond acceptors (Lipinski definition) is 4. The molecular weight excluding hydrogens is 323 g/mol. The Bertz CT molecular complexity index is 713. The van der Waals surface area contributed by atoms with Crippen molar-refractivity contribution in [1.82, 2.24) is 0 Å². The van der Waals surface area contributed by atoms with Crippen molar-refractivity contribution in [2.24, 2.45) is 5.92 Å². The SMILES string of the molecule is N#C[C@@H]1CCCC[C@@H]1OC(=O)CCN1C(=O)CCc2cc(F)ccc21. The van der Waals surface area contributed by atoms with Crippen molar-refractivity contribution in [2.45, 2.75) is 51.0 Å². The van der Waals surface area contributed by atoms with Crippen LogP contribution in [-0.4, -0.2) is 24.5 Å². The average molecular weight is 344 g/mol. The molecule has 6 heteroatoms. The number of aryl methyl sites for hydroxylation is 1. The summed E-state index contributed by atoms with van der Waals surface area (Å²) in [6.07, 6.45) is 3.97. The normalized spacial score (nSPS) is 22.9. The number of hydrogen-bond donors (Lipinski definition) is 0. The van der Waals surface area contributed by atoms with Crippen LogP contribution in [0.2, 0.25) is 0 Å². The number of amides is 1. The van der Waals surface area contributed by atoms with Crippen molar-refractivity contribution < 1.29 is 18.7 Å². The van der Waals surface area contributed by atoms with Gasteiger partial charge in [0.05, 0.1) is 18.4 Å². The average Bonchev–Trinajstić information content (AvgIpc) is 2.61. The van der Waals surface area contributed by atoms with Gasteiger partial charge in [0.1, 0.15) is 11.9 Å². The Labute approximate surface area is 146 Å². The van der Waals surface area contributed by atoms with Crippen LogP contribution < -0.4 is 4.90 Å². The number of halogens is 1. The summed E-state index contributed by atoms with van der Waals surface area (Å²) in [5.74, 6) is -1.03. The van der Waals surface area contributed by atoms with E-state index in [2.05, 4.69) is 6.07 Å². The number of rotatable bonds is 4. The maximum absolute atomic E-state index is 13.4. The van der Waals surface area contributed by atoms with Gasteiger partial charge >= 0.3 is 5.97 Å². The van der Waals surface area contributed by atoms with Crippen LogP contribution in [0.4, 0.5) is 10.1 Å². The molecule has 1 aliphatic heterocycles. The molecule has 3 rings (SSSR count). The number of esters is 1. The van der Waals surface area contributed by atoms with Crippen LogP contribution in [0.5, 0.6) is 0 Å². The summed E-state index contributed by atoms with van der Waals surface area (Å²) in [5, 5.41) is 9.15. The Morgan fingerprint density at radius 2 is 2.12 bits per heavy atom. The zero-order chi connectivity index (χ0) is 17.8. The zero-order valence-corrected chi connectivity index (χ0v) is 14.0. The fraction of sp³-hybridized carbons (Fsp3) is 0.526. The largest absolute Gasteiger partial charge is 0.461 e. The molecule has 0 spiro atoms. The van der Waals surface area contributed by atoms with E-state index in [9.17, 15) is 14.0 Å². The second-order valence-corrected chi connectivity index (χ2v) is 6.62. The molecule has 1 saturated carbocycles. The highest BCUT2D eigenvalue weighted by Gasteiger charge is 2.29. The molecule has 0 radical (unpaired) electrons.